The summed E-state index contributed by atoms with van der Waals surface area (Å²) in [6.07, 6.45) is 1.71. The molecule has 9 heteroatoms. The number of hydrogen-bond donors (Lipinski definition) is 0. The molecule has 1 saturated heterocycles. The summed E-state index contributed by atoms with van der Waals surface area (Å²) in [6.45, 7) is 2.76. The lowest BCUT2D eigenvalue weighted by atomic mass is 10.2. The van der Waals surface area contributed by atoms with Crippen LogP contribution in [-0.2, 0) is 10.5 Å². The van der Waals surface area contributed by atoms with Crippen molar-refractivity contribution in [3.8, 4) is 0 Å². The zero-order valence-corrected chi connectivity index (χ0v) is 16.7. The second kappa shape index (κ2) is 8.32. The van der Waals surface area contributed by atoms with E-state index in [9.17, 15) is 14.0 Å². The Hall–Kier alpha value is -2.39. The molecule has 1 amide bonds. The maximum atomic E-state index is 13.0. The minimum Gasteiger partial charge on any atom is -0.368 e. The van der Waals surface area contributed by atoms with E-state index >= 15 is 0 Å². The highest BCUT2D eigenvalue weighted by atomic mass is 32.2. The van der Waals surface area contributed by atoms with Crippen molar-refractivity contribution >= 4 is 39.7 Å². The zero-order valence-electron chi connectivity index (χ0n) is 15.1. The fraction of sp³-hybridized carbons (Fsp3) is 0.316. The molecule has 2 aromatic heterocycles. The normalized spacial score (nSPS) is 14.6. The highest BCUT2D eigenvalue weighted by molar-refractivity contribution is 7.99. The Bertz CT molecular complexity index is 1030. The van der Waals surface area contributed by atoms with Crippen LogP contribution in [0.1, 0.15) is 5.69 Å². The molecule has 3 aromatic rings. The Labute approximate surface area is 169 Å². The van der Waals surface area contributed by atoms with E-state index < -0.39 is 0 Å². The molecule has 0 spiro atoms. The van der Waals surface area contributed by atoms with Crippen LogP contribution in [0.4, 0.5) is 10.1 Å². The van der Waals surface area contributed by atoms with Crippen LogP contribution < -0.4 is 10.5 Å². The standard InChI is InChI=1S/C19H19FN4O2S2/c20-14-1-3-16(4-2-14)22-5-7-23(8-6-22)18(26)13-27-12-15-11-17(25)24-9-10-28-19(24)21-15/h1-4,9-11H,5-8,12-13H2. The van der Waals surface area contributed by atoms with Gasteiger partial charge in [0.1, 0.15) is 5.82 Å². The smallest absolute Gasteiger partial charge is 0.258 e. The summed E-state index contributed by atoms with van der Waals surface area (Å²) >= 11 is 2.89. The lowest BCUT2D eigenvalue weighted by molar-refractivity contribution is -0.128. The summed E-state index contributed by atoms with van der Waals surface area (Å²) in [5.74, 6) is 0.746. The fourth-order valence-electron chi connectivity index (χ4n) is 3.16. The number of thioether (sulfide) groups is 1. The van der Waals surface area contributed by atoms with E-state index in [4.69, 9.17) is 0 Å². The number of hydrogen-bond acceptors (Lipinski definition) is 6. The van der Waals surface area contributed by atoms with Gasteiger partial charge in [-0.05, 0) is 24.3 Å². The van der Waals surface area contributed by atoms with Crippen molar-refractivity contribution in [2.45, 2.75) is 5.75 Å². The Balaban J connectivity index is 1.26. The van der Waals surface area contributed by atoms with Crippen molar-refractivity contribution in [2.75, 3.05) is 36.8 Å². The van der Waals surface area contributed by atoms with Crippen LogP contribution in [0.5, 0.6) is 0 Å². The second-order valence-corrected chi connectivity index (χ2v) is 8.34. The first-order valence-corrected chi connectivity index (χ1v) is 11.0. The Kier molecular flexibility index (Phi) is 5.63. The monoisotopic (exact) mass is 418 g/mol. The van der Waals surface area contributed by atoms with Crippen LogP contribution in [0.15, 0.2) is 46.7 Å². The van der Waals surface area contributed by atoms with Gasteiger partial charge in [-0.25, -0.2) is 9.37 Å². The average molecular weight is 419 g/mol. The molecule has 0 saturated carbocycles. The van der Waals surface area contributed by atoms with Crippen LogP contribution >= 0.6 is 23.1 Å². The summed E-state index contributed by atoms with van der Waals surface area (Å²) in [6, 6.07) is 7.97. The zero-order chi connectivity index (χ0) is 19.5. The summed E-state index contributed by atoms with van der Waals surface area (Å²) in [5.41, 5.74) is 1.58. The van der Waals surface area contributed by atoms with Crippen molar-refractivity contribution in [3.63, 3.8) is 0 Å². The van der Waals surface area contributed by atoms with Crippen molar-refractivity contribution in [2.24, 2.45) is 0 Å². The molecule has 28 heavy (non-hydrogen) atoms. The van der Waals surface area contributed by atoms with E-state index in [0.717, 1.165) is 18.8 Å². The molecule has 0 atom stereocenters. The third-order valence-electron chi connectivity index (χ3n) is 4.66. The molecule has 3 heterocycles. The minimum atomic E-state index is -0.245. The Morgan fingerprint density at radius 1 is 1.18 bits per heavy atom. The molecule has 146 valence electrons. The number of anilines is 1. The number of rotatable bonds is 5. The molecule has 0 unspecified atom stereocenters. The molecule has 0 radical (unpaired) electrons. The predicted octanol–water partition coefficient (Wildman–Crippen LogP) is 2.48. The molecular formula is C19H19FN4O2S2. The van der Waals surface area contributed by atoms with Gasteiger partial charge in [-0.15, -0.1) is 23.1 Å². The number of aromatic nitrogens is 2. The van der Waals surface area contributed by atoms with E-state index in [1.165, 1.54) is 45.7 Å². The van der Waals surface area contributed by atoms with Crippen LogP contribution in [-0.4, -0.2) is 52.1 Å². The summed E-state index contributed by atoms with van der Waals surface area (Å²) in [4.78, 5) is 33.6. The molecule has 1 aromatic carbocycles. The van der Waals surface area contributed by atoms with Gasteiger partial charge < -0.3 is 9.80 Å². The quantitative estimate of drug-likeness (QED) is 0.637. The first kappa shape index (κ1) is 18.9. The highest BCUT2D eigenvalue weighted by Crippen LogP contribution is 2.18. The van der Waals surface area contributed by atoms with Crippen molar-refractivity contribution in [3.05, 3.63) is 63.8 Å². The number of halogens is 1. The summed E-state index contributed by atoms with van der Waals surface area (Å²) in [7, 11) is 0. The molecule has 0 bridgehead atoms. The van der Waals surface area contributed by atoms with E-state index in [2.05, 4.69) is 9.88 Å². The molecule has 6 nitrogen and oxygen atoms in total. The maximum absolute atomic E-state index is 13.0. The van der Waals surface area contributed by atoms with Crippen LogP contribution in [0, 0.1) is 5.82 Å². The number of carbonyl (C=O) groups is 1. The van der Waals surface area contributed by atoms with Crippen LogP contribution in [0.3, 0.4) is 0 Å². The van der Waals surface area contributed by atoms with E-state index in [1.54, 1.807) is 18.3 Å². The number of amides is 1. The number of benzene rings is 1. The van der Waals surface area contributed by atoms with Gasteiger partial charge in [0.05, 0.1) is 11.4 Å². The number of nitrogens with zero attached hydrogens (tertiary/aromatic N) is 4. The SMILES string of the molecule is O=C(CSCc1cc(=O)n2ccsc2n1)N1CCN(c2ccc(F)cc2)CC1. The molecule has 1 fully saturated rings. The third kappa shape index (κ3) is 4.20. The lowest BCUT2D eigenvalue weighted by Crippen LogP contribution is -2.49. The number of piperazine rings is 1. The molecule has 0 aliphatic carbocycles. The van der Waals surface area contributed by atoms with Crippen LogP contribution in [0.2, 0.25) is 0 Å². The van der Waals surface area contributed by atoms with Crippen molar-refractivity contribution < 1.29 is 9.18 Å². The largest absolute Gasteiger partial charge is 0.368 e. The number of carbonyl (C=O) groups excluding carboxylic acids is 1. The minimum absolute atomic E-state index is 0.0925. The van der Waals surface area contributed by atoms with Crippen LogP contribution in [0.25, 0.3) is 4.96 Å². The van der Waals surface area contributed by atoms with E-state index in [0.29, 0.717) is 35.3 Å². The first-order chi connectivity index (χ1) is 13.6. The van der Waals surface area contributed by atoms with E-state index in [1.807, 2.05) is 10.3 Å². The topological polar surface area (TPSA) is 57.9 Å². The fourth-order valence-corrected chi connectivity index (χ4v) is 4.72. The van der Waals surface area contributed by atoms with E-state index in [-0.39, 0.29) is 17.3 Å². The number of thiazole rings is 1. The van der Waals surface area contributed by atoms with Crippen molar-refractivity contribution in [1.29, 1.82) is 0 Å². The molecule has 1 aliphatic heterocycles. The van der Waals surface area contributed by atoms with Gasteiger partial charge in [-0.2, -0.15) is 0 Å². The van der Waals surface area contributed by atoms with Gasteiger partial charge in [0, 0.05) is 55.3 Å². The molecular weight excluding hydrogens is 399 g/mol. The predicted molar refractivity (Wildman–Crippen MR) is 111 cm³/mol. The summed E-state index contributed by atoms with van der Waals surface area (Å²) < 4.78 is 14.6. The maximum Gasteiger partial charge on any atom is 0.258 e. The molecule has 0 N–H and O–H groups in total. The van der Waals surface area contributed by atoms with Crippen molar-refractivity contribution in [1.82, 2.24) is 14.3 Å². The molecule has 4 rings (SSSR count). The Morgan fingerprint density at radius 2 is 1.93 bits per heavy atom. The first-order valence-electron chi connectivity index (χ1n) is 8.92. The molecule has 1 aliphatic rings. The van der Waals surface area contributed by atoms with Gasteiger partial charge in [-0.3, -0.25) is 14.0 Å². The number of fused-ring (bicyclic) bond motifs is 1. The second-order valence-electron chi connectivity index (χ2n) is 6.48. The summed E-state index contributed by atoms with van der Waals surface area (Å²) in [5, 5.41) is 1.83. The van der Waals surface area contributed by atoms with Gasteiger partial charge in [-0.1, -0.05) is 0 Å². The lowest BCUT2D eigenvalue weighted by Gasteiger charge is -2.36. The highest BCUT2D eigenvalue weighted by Gasteiger charge is 2.21. The van der Waals surface area contributed by atoms with Gasteiger partial charge in [0.25, 0.3) is 5.56 Å². The van der Waals surface area contributed by atoms with Gasteiger partial charge >= 0.3 is 0 Å². The average Bonchev–Trinajstić information content (AvgIpc) is 3.18. The van der Waals surface area contributed by atoms with Gasteiger partial charge in [0.15, 0.2) is 4.96 Å². The third-order valence-corrected chi connectivity index (χ3v) is 6.36. The Morgan fingerprint density at radius 3 is 2.68 bits per heavy atom. The van der Waals surface area contributed by atoms with Gasteiger partial charge in [0.2, 0.25) is 5.91 Å².